The zero-order chi connectivity index (χ0) is 15.8. The zero-order valence-corrected chi connectivity index (χ0v) is 12.7. The second-order valence-corrected chi connectivity index (χ2v) is 5.09. The average Bonchev–Trinajstić information content (AvgIpc) is 2.54. The summed E-state index contributed by atoms with van der Waals surface area (Å²) in [6, 6.07) is 11.3. The summed E-state index contributed by atoms with van der Waals surface area (Å²) in [5, 5.41) is 3.86. The summed E-state index contributed by atoms with van der Waals surface area (Å²) < 4.78 is 5.41. The van der Waals surface area contributed by atoms with Crippen LogP contribution in [-0.4, -0.2) is 23.7 Å². The molecule has 1 aromatic heterocycles. The first-order valence-electron chi connectivity index (χ1n) is 7.10. The topological polar surface area (TPSA) is 63.6 Å². The number of carbonyl (C=O) groups excluding carboxylic acids is 1. The number of aromatic nitrogens is 1. The fourth-order valence-electron chi connectivity index (χ4n) is 1.76. The lowest BCUT2D eigenvalue weighted by Gasteiger charge is -2.08. The van der Waals surface area contributed by atoms with E-state index >= 15 is 0 Å². The summed E-state index contributed by atoms with van der Waals surface area (Å²) >= 11 is 0. The van der Waals surface area contributed by atoms with Crippen LogP contribution in [0, 0.1) is 0 Å². The van der Waals surface area contributed by atoms with Crippen molar-refractivity contribution < 1.29 is 9.53 Å². The third-order valence-corrected chi connectivity index (χ3v) is 3.03. The van der Waals surface area contributed by atoms with Gasteiger partial charge in [-0.25, -0.2) is 5.43 Å². The van der Waals surface area contributed by atoms with Crippen molar-refractivity contribution in [2.75, 3.05) is 6.61 Å². The maximum Gasteiger partial charge on any atom is 0.277 e. The molecular weight excluding hydrogens is 278 g/mol. The molecule has 0 fully saturated rings. The van der Waals surface area contributed by atoms with Crippen LogP contribution in [0.15, 0.2) is 53.9 Å². The van der Waals surface area contributed by atoms with E-state index in [1.54, 1.807) is 30.7 Å². The fraction of sp³-hybridized carbons (Fsp3) is 0.235. The Morgan fingerprint density at radius 1 is 1.23 bits per heavy atom. The number of hydrazone groups is 1. The predicted molar refractivity (Wildman–Crippen MR) is 86.0 cm³/mol. The Hall–Kier alpha value is -2.69. The smallest absolute Gasteiger partial charge is 0.277 e. The highest BCUT2D eigenvalue weighted by Gasteiger charge is 2.03. The fourth-order valence-corrected chi connectivity index (χ4v) is 1.76. The molecule has 5 heteroatoms. The average molecular weight is 297 g/mol. The van der Waals surface area contributed by atoms with Crippen molar-refractivity contribution in [1.29, 1.82) is 0 Å². The molecule has 0 spiro atoms. The van der Waals surface area contributed by atoms with Crippen molar-refractivity contribution in [1.82, 2.24) is 10.4 Å². The van der Waals surface area contributed by atoms with Crippen LogP contribution in [0.5, 0.6) is 5.75 Å². The molecule has 1 heterocycles. The van der Waals surface area contributed by atoms with Gasteiger partial charge in [0.15, 0.2) is 6.61 Å². The summed E-state index contributed by atoms with van der Waals surface area (Å²) in [6.45, 7) is 4.18. The van der Waals surface area contributed by atoms with Crippen molar-refractivity contribution in [2.45, 2.75) is 19.8 Å². The maximum absolute atomic E-state index is 11.6. The zero-order valence-electron chi connectivity index (χ0n) is 12.7. The largest absolute Gasteiger partial charge is 0.484 e. The molecule has 0 radical (unpaired) electrons. The van der Waals surface area contributed by atoms with Crippen LogP contribution in [-0.2, 0) is 4.79 Å². The summed E-state index contributed by atoms with van der Waals surface area (Å²) in [5.74, 6) is 0.829. The minimum atomic E-state index is -0.307. The van der Waals surface area contributed by atoms with Gasteiger partial charge in [0.05, 0.1) is 6.21 Å². The number of benzene rings is 1. The number of carbonyl (C=O) groups is 1. The van der Waals surface area contributed by atoms with E-state index < -0.39 is 0 Å². The maximum atomic E-state index is 11.6. The van der Waals surface area contributed by atoms with Gasteiger partial charge in [-0.2, -0.15) is 5.10 Å². The number of hydrogen-bond acceptors (Lipinski definition) is 4. The summed E-state index contributed by atoms with van der Waals surface area (Å²) in [7, 11) is 0. The van der Waals surface area contributed by atoms with Crippen LogP contribution in [0.25, 0.3) is 0 Å². The number of nitrogens with one attached hydrogen (secondary N) is 1. The minimum absolute atomic E-state index is 0.0747. The molecule has 0 saturated carbocycles. The first-order valence-corrected chi connectivity index (χ1v) is 7.10. The van der Waals surface area contributed by atoms with E-state index in [9.17, 15) is 4.79 Å². The van der Waals surface area contributed by atoms with Gasteiger partial charge in [0, 0.05) is 12.4 Å². The Bertz CT molecular complexity index is 622. The van der Waals surface area contributed by atoms with Gasteiger partial charge in [0.1, 0.15) is 5.75 Å². The highest BCUT2D eigenvalue weighted by Crippen LogP contribution is 2.18. The Labute approximate surface area is 130 Å². The molecule has 0 saturated heterocycles. The third-order valence-electron chi connectivity index (χ3n) is 3.03. The Morgan fingerprint density at radius 3 is 2.55 bits per heavy atom. The minimum Gasteiger partial charge on any atom is -0.484 e. The van der Waals surface area contributed by atoms with Crippen LogP contribution in [0.3, 0.4) is 0 Å². The van der Waals surface area contributed by atoms with Gasteiger partial charge in [-0.3, -0.25) is 9.78 Å². The monoisotopic (exact) mass is 297 g/mol. The van der Waals surface area contributed by atoms with Crippen molar-refractivity contribution in [3.8, 4) is 5.75 Å². The first-order chi connectivity index (χ1) is 10.6. The van der Waals surface area contributed by atoms with Gasteiger partial charge in [0.25, 0.3) is 5.91 Å². The molecule has 0 atom stereocenters. The van der Waals surface area contributed by atoms with Crippen LogP contribution in [0.2, 0.25) is 0 Å². The Kier molecular flexibility index (Phi) is 5.65. The number of nitrogens with zero attached hydrogens (tertiary/aromatic N) is 2. The number of rotatable bonds is 6. The highest BCUT2D eigenvalue weighted by molar-refractivity contribution is 5.82. The van der Waals surface area contributed by atoms with Gasteiger partial charge < -0.3 is 4.74 Å². The molecule has 0 aliphatic heterocycles. The van der Waals surface area contributed by atoms with Crippen molar-refractivity contribution in [2.24, 2.45) is 5.10 Å². The Morgan fingerprint density at radius 2 is 1.91 bits per heavy atom. The molecule has 0 unspecified atom stereocenters. The number of hydrogen-bond donors (Lipinski definition) is 1. The van der Waals surface area contributed by atoms with Crippen LogP contribution in [0.1, 0.15) is 30.9 Å². The lowest BCUT2D eigenvalue weighted by Crippen LogP contribution is -2.24. The lowest BCUT2D eigenvalue weighted by molar-refractivity contribution is -0.123. The van der Waals surface area contributed by atoms with Crippen LogP contribution < -0.4 is 10.2 Å². The van der Waals surface area contributed by atoms with Gasteiger partial charge in [-0.1, -0.05) is 26.0 Å². The van der Waals surface area contributed by atoms with E-state index in [1.807, 2.05) is 24.3 Å². The predicted octanol–water partition coefficient (Wildman–Crippen LogP) is 2.73. The first kappa shape index (κ1) is 15.7. The molecular formula is C17H19N3O2. The van der Waals surface area contributed by atoms with Gasteiger partial charge in [-0.15, -0.1) is 0 Å². The highest BCUT2D eigenvalue weighted by atomic mass is 16.5. The lowest BCUT2D eigenvalue weighted by atomic mass is 10.0. The standard InChI is InChI=1S/C17H19N3O2/c1-13(2)15-3-5-16(6-4-15)22-12-17(21)20-19-11-14-7-9-18-10-8-14/h3-11,13H,12H2,1-2H3,(H,20,21)/b19-11+. The molecule has 0 aliphatic rings. The van der Waals surface area contributed by atoms with Crippen molar-refractivity contribution >= 4 is 12.1 Å². The molecule has 2 aromatic rings. The van der Waals surface area contributed by atoms with E-state index in [2.05, 4.69) is 29.4 Å². The van der Waals surface area contributed by atoms with Crippen LogP contribution in [0.4, 0.5) is 0 Å². The molecule has 0 aliphatic carbocycles. The van der Waals surface area contributed by atoms with Gasteiger partial charge >= 0.3 is 0 Å². The second kappa shape index (κ2) is 7.93. The van der Waals surface area contributed by atoms with E-state index in [0.29, 0.717) is 11.7 Å². The van der Waals surface area contributed by atoms with Gasteiger partial charge in [-0.05, 0) is 41.3 Å². The molecule has 1 N–H and O–H groups in total. The molecule has 1 amide bonds. The third kappa shape index (κ3) is 5.01. The van der Waals surface area contributed by atoms with Crippen molar-refractivity contribution in [3.63, 3.8) is 0 Å². The van der Waals surface area contributed by atoms with E-state index in [1.165, 1.54) is 5.56 Å². The summed E-state index contributed by atoms with van der Waals surface area (Å²) in [5.41, 5.74) is 4.51. The summed E-state index contributed by atoms with van der Waals surface area (Å²) in [6.07, 6.45) is 4.87. The molecule has 1 aromatic carbocycles. The Balaban J connectivity index is 1.77. The van der Waals surface area contributed by atoms with E-state index in [4.69, 9.17) is 4.74 Å². The molecule has 22 heavy (non-hydrogen) atoms. The normalized spacial score (nSPS) is 10.9. The second-order valence-electron chi connectivity index (χ2n) is 5.09. The molecule has 0 bridgehead atoms. The molecule has 5 nitrogen and oxygen atoms in total. The quantitative estimate of drug-likeness (QED) is 0.658. The number of ether oxygens (including phenoxy) is 1. The van der Waals surface area contributed by atoms with E-state index in [0.717, 1.165) is 5.56 Å². The SMILES string of the molecule is CC(C)c1ccc(OCC(=O)N/N=C/c2ccncc2)cc1. The molecule has 114 valence electrons. The number of pyridine rings is 1. The molecule has 2 rings (SSSR count). The number of amides is 1. The van der Waals surface area contributed by atoms with Crippen molar-refractivity contribution in [3.05, 3.63) is 59.9 Å². The van der Waals surface area contributed by atoms with E-state index in [-0.39, 0.29) is 12.5 Å². The van der Waals surface area contributed by atoms with Crippen LogP contribution >= 0.6 is 0 Å². The summed E-state index contributed by atoms with van der Waals surface area (Å²) in [4.78, 5) is 15.5. The van der Waals surface area contributed by atoms with Gasteiger partial charge in [0.2, 0.25) is 0 Å².